The topological polar surface area (TPSA) is 17.8 Å². The summed E-state index contributed by atoms with van der Waals surface area (Å²) in [6.07, 6.45) is 0. The quantitative estimate of drug-likeness (QED) is 0.158. The molecule has 0 saturated carbocycles. The number of aromatic nitrogens is 2. The smallest absolute Gasteiger partial charge is 0.145 e. The Kier molecular flexibility index (Phi) is 7.98. The van der Waals surface area contributed by atoms with Gasteiger partial charge in [0.25, 0.3) is 0 Å². The van der Waals surface area contributed by atoms with E-state index in [1.54, 1.807) is 0 Å². The van der Waals surface area contributed by atoms with Gasteiger partial charge in [-0.2, -0.15) is 0 Å². The largest absolute Gasteiger partial charge is 0.292 e. The van der Waals surface area contributed by atoms with Crippen molar-refractivity contribution in [1.29, 1.82) is 0 Å². The summed E-state index contributed by atoms with van der Waals surface area (Å²) in [5.74, 6) is 0.937. The monoisotopic (exact) mass is 814 g/mol. The second-order valence-corrected chi connectivity index (χ2v) is 17.9. The van der Waals surface area contributed by atoms with E-state index in [0.717, 1.165) is 28.1 Å². The predicted octanol–water partition coefficient (Wildman–Crippen LogP) is 16.6. The third kappa shape index (κ3) is 5.55. The first-order chi connectivity index (χ1) is 31.5. The third-order valence-corrected chi connectivity index (χ3v) is 13.9. The van der Waals surface area contributed by atoms with Gasteiger partial charge in [-0.05, 0) is 159 Å². The zero-order chi connectivity index (χ0) is 42.5. The first-order valence-electron chi connectivity index (χ1n) is 22.3. The maximum atomic E-state index is 5.20. The maximum Gasteiger partial charge on any atom is 0.145 e. The van der Waals surface area contributed by atoms with Crippen LogP contribution in [0, 0.1) is 0 Å². The Morgan fingerprint density at radius 3 is 1.61 bits per heavy atom. The summed E-state index contributed by atoms with van der Waals surface area (Å²) in [7, 11) is 0. The highest BCUT2D eigenvalue weighted by Crippen LogP contribution is 2.54. The average Bonchev–Trinajstić information content (AvgIpc) is 3.84. The summed E-state index contributed by atoms with van der Waals surface area (Å²) in [5, 5.41) is 10.1. The van der Waals surface area contributed by atoms with Crippen LogP contribution in [0.1, 0.15) is 25.0 Å². The molecule has 0 amide bonds. The molecule has 0 bridgehead atoms. The van der Waals surface area contributed by atoms with Gasteiger partial charge >= 0.3 is 0 Å². The van der Waals surface area contributed by atoms with E-state index in [2.05, 4.69) is 237 Å². The van der Waals surface area contributed by atoms with Crippen molar-refractivity contribution in [3.63, 3.8) is 0 Å². The molecule has 0 spiro atoms. The molecule has 0 N–H and O–H groups in total. The molecule has 2 heteroatoms. The lowest BCUT2D eigenvalue weighted by Crippen LogP contribution is -2.15. The number of rotatable bonds is 5. The van der Waals surface area contributed by atoms with Gasteiger partial charge in [0.1, 0.15) is 5.82 Å². The van der Waals surface area contributed by atoms with Gasteiger partial charge in [-0.3, -0.25) is 4.57 Å². The Hall–Kier alpha value is -8.07. The van der Waals surface area contributed by atoms with Crippen molar-refractivity contribution in [2.24, 2.45) is 0 Å². The van der Waals surface area contributed by atoms with Gasteiger partial charge < -0.3 is 0 Å². The standard InChI is InChI=1S/C62H42N2/c1-62(2)55-36-44(43-19-14-20-47(35-43)61-63-57-25-12-13-26-58(57)64(61)48-21-4-3-5-22-48)31-32-49(55)52-37-53-54(38-56(52)62)60(46-30-28-40-16-7-9-18-42(40)34-46)51-24-11-10-23-50(51)59(53)45-29-27-39-15-6-8-17-41(39)33-45/h3-38H,1-2H3. The lowest BCUT2D eigenvalue weighted by Gasteiger charge is -2.24. The highest BCUT2D eigenvalue weighted by atomic mass is 15.1. The van der Waals surface area contributed by atoms with Crippen LogP contribution in [0.15, 0.2) is 218 Å². The summed E-state index contributed by atoms with van der Waals surface area (Å²) >= 11 is 0. The molecule has 11 aromatic carbocycles. The molecule has 0 atom stereocenters. The molecule has 1 aromatic heterocycles. The van der Waals surface area contributed by atoms with E-state index in [1.807, 2.05) is 0 Å². The van der Waals surface area contributed by atoms with Crippen molar-refractivity contribution >= 4 is 54.1 Å². The van der Waals surface area contributed by atoms with Crippen LogP contribution >= 0.6 is 0 Å². The zero-order valence-corrected chi connectivity index (χ0v) is 35.7. The van der Waals surface area contributed by atoms with Gasteiger partial charge in [0.05, 0.1) is 11.0 Å². The van der Waals surface area contributed by atoms with Crippen molar-refractivity contribution in [1.82, 2.24) is 9.55 Å². The molecule has 0 aliphatic heterocycles. The molecule has 0 saturated heterocycles. The molecule has 0 fully saturated rings. The average molecular weight is 815 g/mol. The van der Waals surface area contributed by atoms with Crippen molar-refractivity contribution in [2.45, 2.75) is 19.3 Å². The minimum atomic E-state index is -0.247. The van der Waals surface area contributed by atoms with Crippen LogP contribution in [-0.2, 0) is 5.41 Å². The van der Waals surface area contributed by atoms with Crippen LogP contribution in [0.4, 0.5) is 0 Å². The summed E-state index contributed by atoms with van der Waals surface area (Å²) < 4.78 is 2.28. The molecule has 0 radical (unpaired) electrons. The molecular weight excluding hydrogens is 773 g/mol. The number of benzene rings is 11. The molecule has 12 aromatic rings. The molecule has 64 heavy (non-hydrogen) atoms. The lowest BCUT2D eigenvalue weighted by atomic mass is 9.79. The van der Waals surface area contributed by atoms with Crippen LogP contribution in [0.25, 0.3) is 116 Å². The highest BCUT2D eigenvalue weighted by Gasteiger charge is 2.37. The van der Waals surface area contributed by atoms with Crippen LogP contribution in [0.2, 0.25) is 0 Å². The van der Waals surface area contributed by atoms with Gasteiger partial charge in [0.15, 0.2) is 0 Å². The van der Waals surface area contributed by atoms with Gasteiger partial charge in [0, 0.05) is 16.7 Å². The summed E-state index contributed by atoms with van der Waals surface area (Å²) in [6, 6.07) is 80.5. The minimum absolute atomic E-state index is 0.247. The second kappa shape index (κ2) is 14.0. The number of fused-ring (bicyclic) bond motifs is 8. The molecule has 1 heterocycles. The van der Waals surface area contributed by atoms with Crippen molar-refractivity contribution in [2.75, 3.05) is 0 Å². The predicted molar refractivity (Wildman–Crippen MR) is 270 cm³/mol. The zero-order valence-electron chi connectivity index (χ0n) is 35.7. The Morgan fingerprint density at radius 2 is 0.906 bits per heavy atom. The van der Waals surface area contributed by atoms with Gasteiger partial charge in [-0.1, -0.05) is 172 Å². The summed E-state index contributed by atoms with van der Waals surface area (Å²) in [5.41, 5.74) is 16.8. The molecule has 1 aliphatic rings. The Balaban J connectivity index is 1.02. The maximum absolute atomic E-state index is 5.20. The third-order valence-electron chi connectivity index (χ3n) is 13.9. The Bertz CT molecular complexity index is 3870. The number of nitrogens with zero attached hydrogens (tertiary/aromatic N) is 2. The van der Waals surface area contributed by atoms with Gasteiger partial charge in [0.2, 0.25) is 0 Å². The Labute approximate surface area is 372 Å². The van der Waals surface area contributed by atoms with E-state index >= 15 is 0 Å². The molecular formula is C62H42N2. The second-order valence-electron chi connectivity index (χ2n) is 17.9. The van der Waals surface area contributed by atoms with Gasteiger partial charge in [-0.25, -0.2) is 4.98 Å². The first kappa shape index (κ1) is 36.6. The van der Waals surface area contributed by atoms with E-state index < -0.39 is 0 Å². The van der Waals surface area contributed by atoms with Gasteiger partial charge in [-0.15, -0.1) is 0 Å². The minimum Gasteiger partial charge on any atom is -0.292 e. The van der Waals surface area contributed by atoms with Crippen molar-refractivity contribution < 1.29 is 0 Å². The fraction of sp³-hybridized carbons (Fsp3) is 0.0484. The normalized spacial score (nSPS) is 13.0. The Morgan fingerprint density at radius 1 is 0.359 bits per heavy atom. The summed E-state index contributed by atoms with van der Waals surface area (Å²) in [6.45, 7) is 4.82. The number of imidazole rings is 1. The first-order valence-corrected chi connectivity index (χ1v) is 22.3. The number of hydrogen-bond acceptors (Lipinski definition) is 1. The fourth-order valence-electron chi connectivity index (χ4n) is 10.8. The lowest BCUT2D eigenvalue weighted by molar-refractivity contribution is 0.661. The summed E-state index contributed by atoms with van der Waals surface area (Å²) in [4.78, 5) is 5.20. The van der Waals surface area contributed by atoms with Crippen LogP contribution in [0.3, 0.4) is 0 Å². The number of hydrogen-bond donors (Lipinski definition) is 0. The van der Waals surface area contributed by atoms with Crippen LogP contribution in [0.5, 0.6) is 0 Å². The molecule has 300 valence electrons. The molecule has 2 nitrogen and oxygen atoms in total. The molecule has 1 aliphatic carbocycles. The number of para-hydroxylation sites is 3. The molecule has 13 rings (SSSR count). The van der Waals surface area contributed by atoms with E-state index in [0.29, 0.717) is 0 Å². The van der Waals surface area contributed by atoms with E-state index in [9.17, 15) is 0 Å². The molecule has 0 unspecified atom stereocenters. The van der Waals surface area contributed by atoms with E-state index in [4.69, 9.17) is 4.98 Å². The fourth-order valence-corrected chi connectivity index (χ4v) is 10.8. The van der Waals surface area contributed by atoms with E-state index in [1.165, 1.54) is 98.7 Å². The van der Waals surface area contributed by atoms with Crippen molar-refractivity contribution in [3.8, 4) is 61.6 Å². The highest BCUT2D eigenvalue weighted by molar-refractivity contribution is 6.23. The van der Waals surface area contributed by atoms with Crippen LogP contribution < -0.4 is 0 Å². The van der Waals surface area contributed by atoms with Crippen LogP contribution in [-0.4, -0.2) is 9.55 Å². The SMILES string of the molecule is CC1(C)c2cc(-c3cccc(-c4nc5ccccc5n4-c4ccccc4)c3)ccc2-c2cc3c(-c4ccc5ccccc5c4)c4ccccc4c(-c4ccc5ccccc5c4)c3cc21. The van der Waals surface area contributed by atoms with Crippen molar-refractivity contribution in [3.05, 3.63) is 230 Å². The van der Waals surface area contributed by atoms with E-state index in [-0.39, 0.29) is 5.41 Å².